The Kier molecular flexibility index (Phi) is 4.82. The van der Waals surface area contributed by atoms with E-state index in [0.717, 1.165) is 23.1 Å². The van der Waals surface area contributed by atoms with Crippen LogP contribution in [0.15, 0.2) is 35.3 Å². The van der Waals surface area contributed by atoms with E-state index >= 15 is 0 Å². The number of nitrogens with zero attached hydrogens (tertiary/aromatic N) is 2. The van der Waals surface area contributed by atoms with Crippen LogP contribution in [0.4, 0.5) is 5.00 Å². The van der Waals surface area contributed by atoms with Gasteiger partial charge in [0, 0.05) is 10.5 Å². The Morgan fingerprint density at radius 1 is 1.43 bits per heavy atom. The fraction of sp³-hybridized carbons (Fsp3) is 0.143. The molecule has 0 fully saturated rings. The number of aliphatic imine (C=N–C) groups is 1. The predicted octanol–water partition coefficient (Wildman–Crippen LogP) is 3.92. The summed E-state index contributed by atoms with van der Waals surface area (Å²) in [7, 11) is 0. The van der Waals surface area contributed by atoms with E-state index < -0.39 is 11.5 Å². The smallest absolute Gasteiger partial charge is 0.238 e. The van der Waals surface area contributed by atoms with Crippen molar-refractivity contribution < 1.29 is 9.72 Å². The summed E-state index contributed by atoms with van der Waals surface area (Å²) in [5.41, 5.74) is 1.78. The van der Waals surface area contributed by atoms with Crippen LogP contribution in [0, 0.1) is 17.0 Å². The van der Waals surface area contributed by atoms with Gasteiger partial charge >= 0.3 is 0 Å². The maximum Gasteiger partial charge on any atom is 0.238 e. The highest BCUT2D eigenvalue weighted by Gasteiger charge is 2.18. The quantitative estimate of drug-likeness (QED) is 0.362. The van der Waals surface area contributed by atoms with Gasteiger partial charge in [-0.2, -0.15) is 0 Å². The third-order valence-electron chi connectivity index (χ3n) is 2.76. The van der Waals surface area contributed by atoms with Crippen LogP contribution in [0.3, 0.4) is 0 Å². The Balaban J connectivity index is 2.36. The van der Waals surface area contributed by atoms with Gasteiger partial charge in [-0.25, -0.2) is 4.99 Å². The lowest BCUT2D eigenvalue weighted by Gasteiger charge is -2.03. The molecule has 2 aromatic rings. The van der Waals surface area contributed by atoms with E-state index in [1.165, 1.54) is 0 Å². The van der Waals surface area contributed by atoms with Gasteiger partial charge in [-0.05, 0) is 18.6 Å². The summed E-state index contributed by atoms with van der Waals surface area (Å²) in [5, 5.41) is 10.7. The minimum Gasteiger partial charge on any atom is -0.288 e. The van der Waals surface area contributed by atoms with E-state index in [-0.39, 0.29) is 5.78 Å². The molecule has 0 unspecified atom stereocenters. The van der Waals surface area contributed by atoms with Crippen LogP contribution >= 0.6 is 22.9 Å². The van der Waals surface area contributed by atoms with Crippen LogP contribution in [-0.2, 0) is 0 Å². The van der Waals surface area contributed by atoms with Crippen molar-refractivity contribution in [2.75, 3.05) is 6.54 Å². The van der Waals surface area contributed by atoms with Crippen molar-refractivity contribution in [1.82, 2.24) is 0 Å². The Morgan fingerprint density at radius 3 is 2.81 bits per heavy atom. The normalized spacial score (nSPS) is 11.0. The molecule has 1 aromatic heterocycles. The van der Waals surface area contributed by atoms with E-state index in [1.807, 2.05) is 19.1 Å². The van der Waals surface area contributed by atoms with Crippen molar-refractivity contribution in [2.45, 2.75) is 6.92 Å². The molecule has 0 atom stereocenters. The molecule has 0 aliphatic heterocycles. The van der Waals surface area contributed by atoms with Crippen molar-refractivity contribution in [3.63, 3.8) is 0 Å². The predicted molar refractivity (Wildman–Crippen MR) is 84.0 cm³/mol. The van der Waals surface area contributed by atoms with Crippen LogP contribution in [-0.4, -0.2) is 23.5 Å². The lowest BCUT2D eigenvalue weighted by Crippen LogP contribution is -2.03. The SMILES string of the molecule is Cc1ccccc1C(=O)c1cc(Cl)sc1N=CC[N+](=O)[O-]. The van der Waals surface area contributed by atoms with E-state index in [9.17, 15) is 14.9 Å². The van der Waals surface area contributed by atoms with Gasteiger partial charge in [-0.15, -0.1) is 11.3 Å². The Bertz CT molecular complexity index is 725. The molecule has 7 heteroatoms. The van der Waals surface area contributed by atoms with Crippen LogP contribution in [0.1, 0.15) is 21.5 Å². The standard InChI is InChI=1S/C14H11ClN2O3S/c1-9-4-2-3-5-10(9)13(18)11-8-12(15)21-14(11)16-6-7-17(19)20/h2-6,8H,7H2,1H3. The van der Waals surface area contributed by atoms with E-state index in [1.54, 1.807) is 18.2 Å². The number of hydrogen-bond acceptors (Lipinski definition) is 5. The molecule has 0 radical (unpaired) electrons. The molecular weight excluding hydrogens is 312 g/mol. The van der Waals surface area contributed by atoms with Crippen LogP contribution < -0.4 is 0 Å². The first-order valence-corrected chi connectivity index (χ1v) is 7.22. The zero-order valence-corrected chi connectivity index (χ0v) is 12.6. The number of carbonyl (C=O) groups excluding carboxylic acids is 1. The Morgan fingerprint density at radius 2 is 2.14 bits per heavy atom. The topological polar surface area (TPSA) is 72.6 Å². The average Bonchev–Trinajstić information content (AvgIpc) is 2.79. The van der Waals surface area contributed by atoms with Crippen molar-refractivity contribution in [3.05, 3.63) is 61.5 Å². The van der Waals surface area contributed by atoms with Gasteiger partial charge in [0.15, 0.2) is 5.78 Å². The monoisotopic (exact) mass is 322 g/mol. The van der Waals surface area contributed by atoms with Crippen molar-refractivity contribution in [2.24, 2.45) is 4.99 Å². The number of halogens is 1. The van der Waals surface area contributed by atoms with E-state index in [4.69, 9.17) is 11.6 Å². The average molecular weight is 323 g/mol. The largest absolute Gasteiger partial charge is 0.288 e. The van der Waals surface area contributed by atoms with Gasteiger partial charge in [0.2, 0.25) is 6.54 Å². The van der Waals surface area contributed by atoms with Crippen LogP contribution in [0.25, 0.3) is 0 Å². The van der Waals surface area contributed by atoms with Crippen LogP contribution in [0.2, 0.25) is 4.34 Å². The zero-order chi connectivity index (χ0) is 15.4. The van der Waals surface area contributed by atoms with Gasteiger partial charge in [0.1, 0.15) is 5.00 Å². The zero-order valence-electron chi connectivity index (χ0n) is 11.1. The van der Waals surface area contributed by atoms with E-state index in [0.29, 0.717) is 20.5 Å². The van der Waals surface area contributed by atoms with Crippen molar-refractivity contribution in [3.8, 4) is 0 Å². The first-order chi connectivity index (χ1) is 9.99. The number of hydrogen-bond donors (Lipinski definition) is 0. The molecule has 0 saturated heterocycles. The summed E-state index contributed by atoms with van der Waals surface area (Å²) in [6, 6.07) is 8.75. The lowest BCUT2D eigenvalue weighted by atomic mass is 10.0. The second-order valence-electron chi connectivity index (χ2n) is 4.24. The van der Waals surface area contributed by atoms with Crippen LogP contribution in [0.5, 0.6) is 0 Å². The second kappa shape index (κ2) is 6.60. The number of benzene rings is 1. The molecule has 1 aromatic carbocycles. The molecule has 0 amide bonds. The van der Waals surface area contributed by atoms with Crippen molar-refractivity contribution in [1.29, 1.82) is 0 Å². The fourth-order valence-electron chi connectivity index (χ4n) is 1.77. The molecule has 0 bridgehead atoms. The molecule has 0 N–H and O–H groups in total. The highest BCUT2D eigenvalue weighted by molar-refractivity contribution is 7.20. The number of nitro groups is 1. The number of aryl methyl sites for hydroxylation is 1. The molecular formula is C14H11ClN2O3S. The third kappa shape index (κ3) is 3.74. The minimum atomic E-state index is -0.498. The first kappa shape index (κ1) is 15.3. The molecule has 108 valence electrons. The third-order valence-corrected chi connectivity index (χ3v) is 3.93. The maximum absolute atomic E-state index is 12.5. The van der Waals surface area contributed by atoms with E-state index in [2.05, 4.69) is 4.99 Å². The highest BCUT2D eigenvalue weighted by atomic mass is 35.5. The van der Waals surface area contributed by atoms with Crippen molar-refractivity contribution >= 4 is 39.9 Å². The molecule has 1 heterocycles. The summed E-state index contributed by atoms with van der Waals surface area (Å²) >= 11 is 7.06. The highest BCUT2D eigenvalue weighted by Crippen LogP contribution is 2.35. The molecule has 0 aliphatic carbocycles. The number of carbonyl (C=O) groups is 1. The number of thiophene rings is 1. The summed E-state index contributed by atoms with van der Waals surface area (Å²) in [6.45, 7) is 1.45. The summed E-state index contributed by atoms with van der Waals surface area (Å²) in [5.74, 6) is -0.190. The first-order valence-electron chi connectivity index (χ1n) is 6.03. The van der Waals surface area contributed by atoms with Gasteiger partial charge in [-0.1, -0.05) is 35.9 Å². The number of rotatable bonds is 5. The van der Waals surface area contributed by atoms with Gasteiger partial charge < -0.3 is 0 Å². The molecule has 5 nitrogen and oxygen atoms in total. The lowest BCUT2D eigenvalue weighted by molar-refractivity contribution is -0.462. The van der Waals surface area contributed by atoms with Gasteiger partial charge in [0.25, 0.3) is 0 Å². The van der Waals surface area contributed by atoms with Gasteiger partial charge in [0.05, 0.1) is 16.1 Å². The molecule has 0 aliphatic rings. The molecule has 2 rings (SSSR count). The second-order valence-corrected chi connectivity index (χ2v) is 5.90. The molecule has 0 spiro atoms. The Hall–Kier alpha value is -2.05. The summed E-state index contributed by atoms with van der Waals surface area (Å²) < 4.78 is 0.417. The fourth-order valence-corrected chi connectivity index (χ4v) is 2.85. The Labute approximate surface area is 130 Å². The summed E-state index contributed by atoms with van der Waals surface area (Å²) in [6.07, 6.45) is 1.16. The van der Waals surface area contributed by atoms with Gasteiger partial charge in [-0.3, -0.25) is 14.9 Å². The minimum absolute atomic E-state index is 0.190. The maximum atomic E-state index is 12.5. The molecule has 21 heavy (non-hydrogen) atoms. The number of ketones is 1. The summed E-state index contributed by atoms with van der Waals surface area (Å²) in [4.78, 5) is 26.3. The molecule has 0 saturated carbocycles.